The Labute approximate surface area is 119 Å². The molecule has 0 atom stereocenters. The largest absolute Gasteiger partial charge is 0.463 e. The molecule has 0 aromatic heterocycles. The molecule has 0 spiro atoms. The van der Waals surface area contributed by atoms with Gasteiger partial charge in [0.05, 0.1) is 12.5 Å². The van der Waals surface area contributed by atoms with Crippen molar-refractivity contribution in [2.24, 2.45) is 0 Å². The van der Waals surface area contributed by atoms with Crippen LogP contribution in [-0.4, -0.2) is 37.0 Å². The summed E-state index contributed by atoms with van der Waals surface area (Å²) >= 11 is 0. The molecule has 0 saturated carbocycles. The number of nitrogens with one attached hydrogen (secondary N) is 2. The van der Waals surface area contributed by atoms with Crippen LogP contribution in [0.25, 0.3) is 0 Å². The number of hydrogen-bond acceptors (Lipinski definition) is 4. The molecule has 2 amide bonds. The number of esters is 1. The molecule has 0 rings (SSSR count). The number of ether oxygens (including phenoxy) is 1. The van der Waals surface area contributed by atoms with Crippen LogP contribution in [0.15, 0.2) is 12.7 Å². The van der Waals surface area contributed by atoms with Gasteiger partial charge in [0.15, 0.2) is 0 Å². The molecule has 6 heteroatoms. The molecule has 0 aliphatic carbocycles. The fourth-order valence-electron chi connectivity index (χ4n) is 1.39. The molecular weight excluding hydrogens is 260 g/mol. The van der Waals surface area contributed by atoms with Crippen molar-refractivity contribution < 1.29 is 19.1 Å². The lowest BCUT2D eigenvalue weighted by molar-refractivity contribution is -0.148. The number of unbranched alkanes of at least 4 members (excludes halogenated alkanes) is 1. The lowest BCUT2D eigenvalue weighted by Crippen LogP contribution is -2.27. The third kappa shape index (κ3) is 11.3. The van der Waals surface area contributed by atoms with Crippen molar-refractivity contribution in [1.29, 1.82) is 0 Å². The minimum Gasteiger partial charge on any atom is -0.463 e. The first-order valence-electron chi connectivity index (χ1n) is 6.82. The van der Waals surface area contributed by atoms with Crippen molar-refractivity contribution in [2.45, 2.75) is 45.6 Å². The number of amides is 2. The monoisotopic (exact) mass is 284 g/mol. The van der Waals surface area contributed by atoms with Crippen LogP contribution in [0.5, 0.6) is 0 Å². The van der Waals surface area contributed by atoms with Gasteiger partial charge in [0.2, 0.25) is 11.8 Å². The third-order valence-electron chi connectivity index (χ3n) is 2.33. The molecule has 6 nitrogen and oxygen atoms in total. The van der Waals surface area contributed by atoms with Crippen LogP contribution in [0.2, 0.25) is 0 Å². The van der Waals surface area contributed by atoms with E-state index in [1.54, 1.807) is 13.8 Å². The molecule has 20 heavy (non-hydrogen) atoms. The van der Waals surface area contributed by atoms with Crippen molar-refractivity contribution in [3.05, 3.63) is 12.7 Å². The molecule has 0 aliphatic rings. The molecule has 0 aromatic rings. The first kappa shape index (κ1) is 18.1. The second kappa shape index (κ2) is 11.0. The van der Waals surface area contributed by atoms with E-state index in [4.69, 9.17) is 4.74 Å². The van der Waals surface area contributed by atoms with E-state index in [-0.39, 0.29) is 36.7 Å². The van der Waals surface area contributed by atoms with Crippen LogP contribution >= 0.6 is 0 Å². The van der Waals surface area contributed by atoms with Gasteiger partial charge in [0.25, 0.3) is 0 Å². The Morgan fingerprint density at radius 1 is 1.10 bits per heavy atom. The van der Waals surface area contributed by atoms with Crippen molar-refractivity contribution in [3.8, 4) is 0 Å². The molecule has 0 aromatic carbocycles. The summed E-state index contributed by atoms with van der Waals surface area (Å²) in [7, 11) is 0. The zero-order valence-corrected chi connectivity index (χ0v) is 12.2. The van der Waals surface area contributed by atoms with E-state index in [0.717, 1.165) is 12.8 Å². The van der Waals surface area contributed by atoms with Crippen molar-refractivity contribution in [2.75, 3.05) is 13.1 Å². The van der Waals surface area contributed by atoms with E-state index in [2.05, 4.69) is 17.2 Å². The van der Waals surface area contributed by atoms with E-state index >= 15 is 0 Å². The SMILES string of the molecule is C=CC(=O)NCCCCNC(=O)CCC(=O)OC(C)C. The Hall–Kier alpha value is -1.85. The van der Waals surface area contributed by atoms with E-state index < -0.39 is 0 Å². The fourth-order valence-corrected chi connectivity index (χ4v) is 1.39. The number of carbonyl (C=O) groups excluding carboxylic acids is 3. The highest BCUT2D eigenvalue weighted by Gasteiger charge is 2.08. The molecular formula is C14H24N2O4. The standard InChI is InChI=1S/C14H24N2O4/c1-4-12(17)15-9-5-6-10-16-13(18)7-8-14(19)20-11(2)3/h4,11H,1,5-10H2,2-3H3,(H,15,17)(H,16,18). The lowest BCUT2D eigenvalue weighted by atomic mass is 10.2. The zero-order valence-electron chi connectivity index (χ0n) is 12.2. The summed E-state index contributed by atoms with van der Waals surface area (Å²) in [5.41, 5.74) is 0. The summed E-state index contributed by atoms with van der Waals surface area (Å²) in [5, 5.41) is 5.36. The van der Waals surface area contributed by atoms with Crippen LogP contribution in [0, 0.1) is 0 Å². The van der Waals surface area contributed by atoms with E-state index in [1.165, 1.54) is 6.08 Å². The fraction of sp³-hybridized carbons (Fsp3) is 0.643. The average Bonchev–Trinajstić information content (AvgIpc) is 2.39. The van der Waals surface area contributed by atoms with Crippen LogP contribution in [-0.2, 0) is 19.1 Å². The summed E-state index contributed by atoms with van der Waals surface area (Å²) in [6, 6.07) is 0. The van der Waals surface area contributed by atoms with E-state index in [0.29, 0.717) is 13.1 Å². The third-order valence-corrected chi connectivity index (χ3v) is 2.33. The van der Waals surface area contributed by atoms with Crippen LogP contribution in [0.1, 0.15) is 39.5 Å². The minimum absolute atomic E-state index is 0.0966. The molecule has 0 unspecified atom stereocenters. The Bertz CT molecular complexity index is 340. The Morgan fingerprint density at radius 2 is 1.70 bits per heavy atom. The van der Waals surface area contributed by atoms with E-state index in [1.807, 2.05) is 0 Å². The first-order chi connectivity index (χ1) is 9.45. The molecule has 0 bridgehead atoms. The summed E-state index contributed by atoms with van der Waals surface area (Å²) in [4.78, 5) is 33.5. The number of carbonyl (C=O) groups is 3. The predicted molar refractivity (Wildman–Crippen MR) is 75.9 cm³/mol. The minimum atomic E-state index is -0.359. The topological polar surface area (TPSA) is 84.5 Å². The summed E-state index contributed by atoms with van der Waals surface area (Å²) in [6.07, 6.45) is 2.83. The number of hydrogen-bond donors (Lipinski definition) is 2. The smallest absolute Gasteiger partial charge is 0.306 e. The highest BCUT2D eigenvalue weighted by molar-refractivity contribution is 5.86. The lowest BCUT2D eigenvalue weighted by Gasteiger charge is -2.08. The van der Waals surface area contributed by atoms with Gasteiger partial charge in [-0.2, -0.15) is 0 Å². The van der Waals surface area contributed by atoms with Crippen LogP contribution < -0.4 is 10.6 Å². The molecule has 0 aliphatic heterocycles. The average molecular weight is 284 g/mol. The Morgan fingerprint density at radius 3 is 2.25 bits per heavy atom. The second-order valence-electron chi connectivity index (χ2n) is 4.59. The quantitative estimate of drug-likeness (QED) is 0.355. The molecule has 0 radical (unpaired) electrons. The molecule has 114 valence electrons. The highest BCUT2D eigenvalue weighted by Crippen LogP contribution is 1.97. The maximum absolute atomic E-state index is 11.4. The molecule has 0 heterocycles. The predicted octanol–water partition coefficient (Wildman–Crippen LogP) is 0.917. The van der Waals surface area contributed by atoms with Gasteiger partial charge >= 0.3 is 5.97 Å². The van der Waals surface area contributed by atoms with Gasteiger partial charge in [-0.3, -0.25) is 14.4 Å². The first-order valence-corrected chi connectivity index (χ1v) is 6.82. The molecule has 0 saturated heterocycles. The van der Waals surface area contributed by atoms with Crippen LogP contribution in [0.3, 0.4) is 0 Å². The van der Waals surface area contributed by atoms with Crippen molar-refractivity contribution in [3.63, 3.8) is 0 Å². The van der Waals surface area contributed by atoms with Gasteiger partial charge in [0.1, 0.15) is 0 Å². The van der Waals surface area contributed by atoms with Gasteiger partial charge in [-0.05, 0) is 32.8 Å². The number of rotatable bonds is 10. The zero-order chi connectivity index (χ0) is 15.4. The van der Waals surface area contributed by atoms with Gasteiger partial charge in [0, 0.05) is 19.5 Å². The van der Waals surface area contributed by atoms with Gasteiger partial charge < -0.3 is 15.4 Å². The van der Waals surface area contributed by atoms with Crippen LogP contribution in [0.4, 0.5) is 0 Å². The maximum atomic E-state index is 11.4. The van der Waals surface area contributed by atoms with Gasteiger partial charge in [-0.25, -0.2) is 0 Å². The summed E-state index contributed by atoms with van der Waals surface area (Å²) < 4.78 is 4.92. The molecule has 0 fully saturated rings. The molecule has 2 N–H and O–H groups in total. The summed E-state index contributed by atoms with van der Waals surface area (Å²) in [6.45, 7) is 7.97. The van der Waals surface area contributed by atoms with Crippen molar-refractivity contribution >= 4 is 17.8 Å². The maximum Gasteiger partial charge on any atom is 0.306 e. The second-order valence-corrected chi connectivity index (χ2v) is 4.59. The van der Waals surface area contributed by atoms with Crippen molar-refractivity contribution in [1.82, 2.24) is 10.6 Å². The Balaban J connectivity index is 3.47. The summed E-state index contributed by atoms with van der Waals surface area (Å²) in [5.74, 6) is -0.721. The van der Waals surface area contributed by atoms with Gasteiger partial charge in [-0.1, -0.05) is 6.58 Å². The van der Waals surface area contributed by atoms with Gasteiger partial charge in [-0.15, -0.1) is 0 Å². The highest BCUT2D eigenvalue weighted by atomic mass is 16.5. The normalized spacial score (nSPS) is 9.95. The van der Waals surface area contributed by atoms with E-state index in [9.17, 15) is 14.4 Å². The Kier molecular flexibility index (Phi) is 10.00.